The molecule has 0 saturated heterocycles. The Morgan fingerprint density at radius 2 is 1.67 bits per heavy atom. The van der Waals surface area contributed by atoms with Crippen LogP contribution in [-0.2, 0) is 15.5 Å². The van der Waals surface area contributed by atoms with Crippen molar-refractivity contribution < 1.29 is 8.42 Å². The monoisotopic (exact) mass is 280 g/mol. The molecule has 0 bridgehead atoms. The lowest BCUT2D eigenvalue weighted by Crippen LogP contribution is -1.97. The highest BCUT2D eigenvalue weighted by molar-refractivity contribution is 8.13. The van der Waals surface area contributed by atoms with E-state index in [0.717, 1.165) is 16.7 Å². The lowest BCUT2D eigenvalue weighted by molar-refractivity contribution is 0.608. The minimum Gasteiger partial charge on any atom is -0.207 e. The first-order valence-electron chi connectivity index (χ1n) is 5.65. The van der Waals surface area contributed by atoms with Crippen LogP contribution in [0, 0.1) is 0 Å². The van der Waals surface area contributed by atoms with Crippen LogP contribution in [-0.4, -0.2) is 8.42 Å². The van der Waals surface area contributed by atoms with Crippen molar-refractivity contribution in [2.75, 3.05) is 0 Å². The number of hydrogen-bond donors (Lipinski definition) is 0. The average Bonchev–Trinajstić information content (AvgIpc) is 2.38. The smallest absolute Gasteiger partial charge is 0.207 e. The predicted octanol–water partition coefficient (Wildman–Crippen LogP) is 3.84. The molecule has 0 unspecified atom stereocenters. The SMILES string of the molecule is CCc1cc(-c2ccccc2)ccc1S(=O)(=O)Cl. The molecule has 0 aliphatic heterocycles. The van der Waals surface area contributed by atoms with Gasteiger partial charge in [-0.05, 0) is 35.2 Å². The fourth-order valence-electron chi connectivity index (χ4n) is 1.90. The molecule has 0 amide bonds. The second-order valence-electron chi connectivity index (χ2n) is 3.98. The standard InChI is InChI=1S/C14H13ClO2S/c1-2-11-10-13(12-6-4-3-5-7-12)8-9-14(11)18(15,16)17/h3-10H,2H2,1H3. The summed E-state index contributed by atoms with van der Waals surface area (Å²) < 4.78 is 22.9. The Balaban J connectivity index is 2.56. The second-order valence-corrected chi connectivity index (χ2v) is 6.51. The number of hydrogen-bond acceptors (Lipinski definition) is 2. The van der Waals surface area contributed by atoms with Crippen molar-refractivity contribution in [3.05, 3.63) is 54.1 Å². The maximum absolute atomic E-state index is 11.4. The molecular weight excluding hydrogens is 268 g/mol. The highest BCUT2D eigenvalue weighted by Crippen LogP contribution is 2.27. The molecule has 0 saturated carbocycles. The van der Waals surface area contributed by atoms with Gasteiger partial charge >= 0.3 is 0 Å². The first-order chi connectivity index (χ1) is 8.52. The molecule has 0 aliphatic carbocycles. The van der Waals surface area contributed by atoms with Crippen molar-refractivity contribution in [3.8, 4) is 11.1 Å². The van der Waals surface area contributed by atoms with Crippen molar-refractivity contribution in [1.82, 2.24) is 0 Å². The van der Waals surface area contributed by atoms with E-state index in [4.69, 9.17) is 10.7 Å². The fourth-order valence-corrected chi connectivity index (χ4v) is 3.10. The Bertz CT molecular complexity index is 649. The van der Waals surface area contributed by atoms with Crippen LogP contribution in [0.25, 0.3) is 11.1 Å². The normalized spacial score (nSPS) is 11.4. The molecule has 2 nitrogen and oxygen atoms in total. The van der Waals surface area contributed by atoms with Crippen molar-refractivity contribution >= 4 is 19.7 Å². The van der Waals surface area contributed by atoms with E-state index in [1.54, 1.807) is 12.1 Å². The van der Waals surface area contributed by atoms with Crippen molar-refractivity contribution in [1.29, 1.82) is 0 Å². The van der Waals surface area contributed by atoms with Crippen LogP contribution in [0.15, 0.2) is 53.4 Å². The Morgan fingerprint density at radius 1 is 1.00 bits per heavy atom. The van der Waals surface area contributed by atoms with Gasteiger partial charge < -0.3 is 0 Å². The summed E-state index contributed by atoms with van der Waals surface area (Å²) in [6.07, 6.45) is 0.627. The zero-order valence-corrected chi connectivity index (χ0v) is 11.5. The number of benzene rings is 2. The Hall–Kier alpha value is -1.32. The quantitative estimate of drug-likeness (QED) is 0.801. The minimum absolute atomic E-state index is 0.200. The van der Waals surface area contributed by atoms with Gasteiger partial charge in [0.05, 0.1) is 4.90 Å². The zero-order chi connectivity index (χ0) is 13.2. The topological polar surface area (TPSA) is 34.1 Å². The van der Waals surface area contributed by atoms with E-state index < -0.39 is 9.05 Å². The molecule has 2 aromatic rings. The van der Waals surface area contributed by atoms with Gasteiger partial charge in [-0.2, -0.15) is 0 Å². The Labute approximate surface area is 112 Å². The van der Waals surface area contributed by atoms with Gasteiger partial charge in [0.1, 0.15) is 0 Å². The van der Waals surface area contributed by atoms with Crippen LogP contribution in [0.3, 0.4) is 0 Å². The third-order valence-corrected chi connectivity index (χ3v) is 4.23. The lowest BCUT2D eigenvalue weighted by Gasteiger charge is -2.08. The summed E-state index contributed by atoms with van der Waals surface area (Å²) in [5.41, 5.74) is 2.80. The van der Waals surface area contributed by atoms with Gasteiger partial charge in [-0.15, -0.1) is 0 Å². The second kappa shape index (κ2) is 5.12. The summed E-state index contributed by atoms with van der Waals surface area (Å²) in [4.78, 5) is 0.200. The van der Waals surface area contributed by atoms with Gasteiger partial charge in [-0.1, -0.05) is 43.3 Å². The van der Waals surface area contributed by atoms with Crippen LogP contribution in [0.2, 0.25) is 0 Å². The number of rotatable bonds is 3. The van der Waals surface area contributed by atoms with Gasteiger partial charge in [-0.3, -0.25) is 0 Å². The fraction of sp³-hybridized carbons (Fsp3) is 0.143. The van der Waals surface area contributed by atoms with Gasteiger partial charge in [-0.25, -0.2) is 8.42 Å². The molecule has 2 rings (SSSR count). The van der Waals surface area contributed by atoms with E-state index in [1.807, 2.05) is 43.3 Å². The minimum atomic E-state index is -3.67. The maximum Gasteiger partial charge on any atom is 0.261 e. The zero-order valence-electron chi connectivity index (χ0n) is 9.93. The molecule has 18 heavy (non-hydrogen) atoms. The predicted molar refractivity (Wildman–Crippen MR) is 74.3 cm³/mol. The molecule has 0 radical (unpaired) electrons. The van der Waals surface area contributed by atoms with E-state index >= 15 is 0 Å². The maximum atomic E-state index is 11.4. The summed E-state index contributed by atoms with van der Waals surface area (Å²) in [5, 5.41) is 0. The largest absolute Gasteiger partial charge is 0.261 e. The lowest BCUT2D eigenvalue weighted by atomic mass is 10.0. The van der Waals surface area contributed by atoms with E-state index in [2.05, 4.69) is 0 Å². The molecule has 0 aromatic heterocycles. The summed E-state index contributed by atoms with van der Waals surface area (Å²) >= 11 is 0. The van der Waals surface area contributed by atoms with Crippen LogP contribution < -0.4 is 0 Å². The van der Waals surface area contributed by atoms with Gasteiger partial charge in [0.15, 0.2) is 0 Å². The first kappa shape index (κ1) is 13.1. The molecule has 0 atom stereocenters. The molecule has 94 valence electrons. The van der Waals surface area contributed by atoms with Crippen LogP contribution in [0.5, 0.6) is 0 Å². The number of aryl methyl sites for hydroxylation is 1. The first-order valence-corrected chi connectivity index (χ1v) is 7.96. The average molecular weight is 281 g/mol. The highest BCUT2D eigenvalue weighted by Gasteiger charge is 2.15. The molecule has 0 heterocycles. The van der Waals surface area contributed by atoms with Crippen LogP contribution in [0.4, 0.5) is 0 Å². The van der Waals surface area contributed by atoms with Gasteiger partial charge in [0, 0.05) is 10.7 Å². The van der Waals surface area contributed by atoms with Crippen molar-refractivity contribution in [3.63, 3.8) is 0 Å². The van der Waals surface area contributed by atoms with E-state index in [1.165, 1.54) is 0 Å². The Kier molecular flexibility index (Phi) is 3.73. The third-order valence-electron chi connectivity index (χ3n) is 2.81. The summed E-state index contributed by atoms with van der Waals surface area (Å²) in [5.74, 6) is 0. The number of halogens is 1. The molecule has 0 spiro atoms. The van der Waals surface area contributed by atoms with E-state index in [9.17, 15) is 8.42 Å². The molecule has 0 fully saturated rings. The highest BCUT2D eigenvalue weighted by atomic mass is 35.7. The van der Waals surface area contributed by atoms with Crippen LogP contribution in [0.1, 0.15) is 12.5 Å². The van der Waals surface area contributed by atoms with Gasteiger partial charge in [0.25, 0.3) is 9.05 Å². The van der Waals surface area contributed by atoms with E-state index in [0.29, 0.717) is 6.42 Å². The van der Waals surface area contributed by atoms with Crippen molar-refractivity contribution in [2.24, 2.45) is 0 Å². The molecule has 2 aromatic carbocycles. The van der Waals surface area contributed by atoms with E-state index in [-0.39, 0.29) is 4.90 Å². The third kappa shape index (κ3) is 2.74. The molecule has 4 heteroatoms. The molecule has 0 aliphatic rings. The summed E-state index contributed by atoms with van der Waals surface area (Å²) in [6.45, 7) is 1.91. The molecule has 0 N–H and O–H groups in total. The summed E-state index contributed by atoms with van der Waals surface area (Å²) in [7, 11) is 1.74. The van der Waals surface area contributed by atoms with Crippen molar-refractivity contribution in [2.45, 2.75) is 18.2 Å². The Morgan fingerprint density at radius 3 is 2.22 bits per heavy atom. The summed E-state index contributed by atoms with van der Waals surface area (Å²) in [6, 6.07) is 15.1. The molecular formula is C14H13ClO2S. The van der Waals surface area contributed by atoms with Crippen LogP contribution >= 0.6 is 10.7 Å². The van der Waals surface area contributed by atoms with Gasteiger partial charge in [0.2, 0.25) is 0 Å².